The zero-order valence-corrected chi connectivity index (χ0v) is 17.3. The number of hydrogen-bond donors (Lipinski definition) is 1. The molecule has 1 unspecified atom stereocenters. The summed E-state index contributed by atoms with van der Waals surface area (Å²) in [5, 5.41) is 10.7. The van der Waals surface area contributed by atoms with Crippen LogP contribution in [0.4, 0.5) is 5.82 Å². The number of carbonyl (C=O) groups is 1. The quantitative estimate of drug-likeness (QED) is 0.753. The molecule has 1 N–H and O–H groups in total. The maximum absolute atomic E-state index is 13.0. The van der Waals surface area contributed by atoms with Gasteiger partial charge in [-0.15, -0.1) is 5.10 Å². The van der Waals surface area contributed by atoms with Crippen molar-refractivity contribution >= 4 is 11.7 Å². The molecule has 156 valence electrons. The van der Waals surface area contributed by atoms with E-state index in [1.807, 2.05) is 26.0 Å². The van der Waals surface area contributed by atoms with Crippen molar-refractivity contribution < 1.29 is 14.3 Å². The highest BCUT2D eigenvalue weighted by Gasteiger charge is 2.62. The molecule has 0 spiro atoms. The molecule has 1 saturated carbocycles. The zero-order valence-electron chi connectivity index (χ0n) is 17.3. The Labute approximate surface area is 175 Å². The highest BCUT2D eigenvalue weighted by Crippen LogP contribution is 2.60. The average Bonchev–Trinajstić information content (AvgIpc) is 3.50. The van der Waals surface area contributed by atoms with Crippen molar-refractivity contribution in [2.75, 3.05) is 19.0 Å². The minimum absolute atomic E-state index is 0.0824. The number of aromatic nitrogens is 4. The topological polar surface area (TPSA) is 99.1 Å². The van der Waals surface area contributed by atoms with E-state index in [0.717, 1.165) is 18.5 Å². The fourth-order valence-electron chi connectivity index (χ4n) is 4.02. The number of hydrogen-bond acceptors (Lipinski definition) is 7. The molecule has 8 nitrogen and oxygen atoms in total. The van der Waals surface area contributed by atoms with Crippen LogP contribution in [0.2, 0.25) is 0 Å². The van der Waals surface area contributed by atoms with Crippen molar-refractivity contribution in [3.05, 3.63) is 54.3 Å². The van der Waals surface area contributed by atoms with Gasteiger partial charge < -0.3 is 14.8 Å². The van der Waals surface area contributed by atoms with Gasteiger partial charge in [-0.05, 0) is 32.6 Å². The summed E-state index contributed by atoms with van der Waals surface area (Å²) in [5.41, 5.74) is 0.514. The Balaban J connectivity index is 1.50. The monoisotopic (exact) mass is 407 g/mol. The molecule has 2 heterocycles. The van der Waals surface area contributed by atoms with E-state index in [4.69, 9.17) is 9.47 Å². The molecule has 0 bridgehead atoms. The maximum atomic E-state index is 13.0. The SMILES string of the molecule is COc1cnnc(NC(=O)[C@@H]2C[C@@]2(COc2cnc(C)nc2C)C2C=CC=CC2)c1. The van der Waals surface area contributed by atoms with Crippen LogP contribution >= 0.6 is 0 Å². The van der Waals surface area contributed by atoms with Crippen molar-refractivity contribution in [3.63, 3.8) is 0 Å². The minimum atomic E-state index is -0.283. The Hall–Kier alpha value is -3.29. The molecule has 30 heavy (non-hydrogen) atoms. The van der Waals surface area contributed by atoms with E-state index in [9.17, 15) is 4.79 Å². The van der Waals surface area contributed by atoms with E-state index in [2.05, 4.69) is 37.6 Å². The molecule has 2 aliphatic carbocycles. The van der Waals surface area contributed by atoms with Gasteiger partial charge in [-0.2, -0.15) is 5.10 Å². The fourth-order valence-corrected chi connectivity index (χ4v) is 4.02. The van der Waals surface area contributed by atoms with Gasteiger partial charge in [-0.25, -0.2) is 9.97 Å². The van der Waals surface area contributed by atoms with Crippen molar-refractivity contribution in [2.24, 2.45) is 17.3 Å². The van der Waals surface area contributed by atoms with E-state index in [-0.39, 0.29) is 23.2 Å². The summed E-state index contributed by atoms with van der Waals surface area (Å²) in [6.07, 6.45) is 13.2. The molecule has 8 heteroatoms. The second-order valence-corrected chi connectivity index (χ2v) is 7.77. The molecule has 1 fully saturated rings. The first kappa shape index (κ1) is 20.0. The van der Waals surface area contributed by atoms with Crippen LogP contribution in [0.3, 0.4) is 0 Å². The fraction of sp³-hybridized carbons (Fsp3) is 0.409. The van der Waals surface area contributed by atoms with E-state index in [1.54, 1.807) is 19.4 Å². The summed E-state index contributed by atoms with van der Waals surface area (Å²) in [6.45, 7) is 4.17. The summed E-state index contributed by atoms with van der Waals surface area (Å²) < 4.78 is 11.3. The molecule has 0 aromatic carbocycles. The smallest absolute Gasteiger partial charge is 0.229 e. The Morgan fingerprint density at radius 1 is 1.30 bits per heavy atom. The van der Waals surface area contributed by atoms with Gasteiger partial charge in [0, 0.05) is 17.4 Å². The highest BCUT2D eigenvalue weighted by molar-refractivity contribution is 5.94. The van der Waals surface area contributed by atoms with Gasteiger partial charge in [-0.1, -0.05) is 24.3 Å². The van der Waals surface area contributed by atoms with Crippen LogP contribution in [0.1, 0.15) is 24.4 Å². The molecular weight excluding hydrogens is 382 g/mol. The molecule has 0 radical (unpaired) electrons. The number of anilines is 1. The van der Waals surface area contributed by atoms with Crippen LogP contribution in [0, 0.1) is 31.1 Å². The summed E-state index contributed by atoms with van der Waals surface area (Å²) in [5.74, 6) is 2.24. The standard InChI is InChI=1S/C22H25N5O3/c1-14-19(12-23-15(2)25-14)30-13-22(16-7-5-4-6-8-16)10-18(22)21(28)26-20-9-17(29-3)11-24-27-20/h4-7,9,11-12,16,18H,8,10,13H2,1-3H3,(H,26,27,28)/t16?,18-,22+/m0/s1. The third-order valence-electron chi connectivity index (χ3n) is 5.82. The van der Waals surface area contributed by atoms with E-state index < -0.39 is 0 Å². The second kappa shape index (κ2) is 8.22. The van der Waals surface area contributed by atoms with Gasteiger partial charge in [0.1, 0.15) is 11.6 Å². The average molecular weight is 407 g/mol. The van der Waals surface area contributed by atoms with Gasteiger partial charge in [0.2, 0.25) is 5.91 Å². The molecule has 4 rings (SSSR count). The molecule has 0 aliphatic heterocycles. The number of rotatable bonds is 7. The number of allylic oxidation sites excluding steroid dienone is 4. The van der Waals surface area contributed by atoms with Crippen molar-refractivity contribution in [1.82, 2.24) is 20.2 Å². The Bertz CT molecular complexity index is 1010. The summed E-state index contributed by atoms with van der Waals surface area (Å²) in [6, 6.07) is 1.65. The third-order valence-corrected chi connectivity index (χ3v) is 5.82. The summed E-state index contributed by atoms with van der Waals surface area (Å²) >= 11 is 0. The van der Waals surface area contributed by atoms with Crippen LogP contribution in [-0.2, 0) is 4.79 Å². The van der Waals surface area contributed by atoms with Gasteiger partial charge in [0.15, 0.2) is 11.6 Å². The number of nitrogens with zero attached hydrogens (tertiary/aromatic N) is 4. The number of aryl methyl sites for hydroxylation is 2. The number of carbonyl (C=O) groups excluding carboxylic acids is 1. The van der Waals surface area contributed by atoms with Crippen LogP contribution in [-0.4, -0.2) is 39.8 Å². The highest BCUT2D eigenvalue weighted by atomic mass is 16.5. The predicted molar refractivity (Wildman–Crippen MR) is 111 cm³/mol. The molecule has 2 aromatic rings. The van der Waals surface area contributed by atoms with Gasteiger partial charge >= 0.3 is 0 Å². The second-order valence-electron chi connectivity index (χ2n) is 7.77. The molecule has 0 saturated heterocycles. The molecule has 1 amide bonds. The third kappa shape index (κ3) is 4.03. The first-order valence-corrected chi connectivity index (χ1v) is 9.96. The van der Waals surface area contributed by atoms with Gasteiger partial charge in [0.25, 0.3) is 0 Å². The normalized spacial score (nSPS) is 24.4. The van der Waals surface area contributed by atoms with Crippen LogP contribution in [0.25, 0.3) is 0 Å². The van der Waals surface area contributed by atoms with Crippen molar-refractivity contribution in [1.29, 1.82) is 0 Å². The summed E-state index contributed by atoms with van der Waals surface area (Å²) in [4.78, 5) is 21.6. The van der Waals surface area contributed by atoms with Crippen molar-refractivity contribution in [2.45, 2.75) is 26.7 Å². The molecule has 3 atom stereocenters. The lowest BCUT2D eigenvalue weighted by molar-refractivity contribution is -0.118. The molecular formula is C22H25N5O3. The number of amides is 1. The van der Waals surface area contributed by atoms with Gasteiger partial charge in [-0.3, -0.25) is 4.79 Å². The van der Waals surface area contributed by atoms with Crippen LogP contribution in [0.15, 0.2) is 42.8 Å². The zero-order chi connectivity index (χ0) is 21.1. The Kier molecular flexibility index (Phi) is 5.48. The molecule has 2 aromatic heterocycles. The Morgan fingerprint density at radius 2 is 2.17 bits per heavy atom. The first-order chi connectivity index (χ1) is 14.5. The van der Waals surface area contributed by atoms with Crippen molar-refractivity contribution in [3.8, 4) is 11.5 Å². The number of nitrogens with one attached hydrogen (secondary N) is 1. The lowest BCUT2D eigenvalue weighted by Crippen LogP contribution is -2.29. The van der Waals surface area contributed by atoms with Crippen LogP contribution in [0.5, 0.6) is 11.5 Å². The summed E-state index contributed by atoms with van der Waals surface area (Å²) in [7, 11) is 1.55. The lowest BCUT2D eigenvalue weighted by Gasteiger charge is -2.26. The number of methoxy groups -OCH3 is 1. The predicted octanol–water partition coefficient (Wildman–Crippen LogP) is 3.05. The van der Waals surface area contributed by atoms with E-state index >= 15 is 0 Å². The minimum Gasteiger partial charge on any atom is -0.495 e. The maximum Gasteiger partial charge on any atom is 0.229 e. The largest absolute Gasteiger partial charge is 0.495 e. The number of ether oxygens (including phenoxy) is 2. The van der Waals surface area contributed by atoms with Crippen LogP contribution < -0.4 is 14.8 Å². The molecule has 2 aliphatic rings. The lowest BCUT2D eigenvalue weighted by atomic mass is 9.82. The Morgan fingerprint density at radius 3 is 2.90 bits per heavy atom. The van der Waals surface area contributed by atoms with Gasteiger partial charge in [0.05, 0.1) is 31.8 Å². The first-order valence-electron chi connectivity index (χ1n) is 9.96. The van der Waals surface area contributed by atoms with E-state index in [0.29, 0.717) is 29.7 Å². The van der Waals surface area contributed by atoms with E-state index in [1.165, 1.54) is 6.20 Å².